The summed E-state index contributed by atoms with van der Waals surface area (Å²) >= 11 is 0. The highest BCUT2D eigenvalue weighted by molar-refractivity contribution is 5.97. The average Bonchev–Trinajstić information content (AvgIpc) is 3.19. The molecule has 0 spiro atoms. The van der Waals surface area contributed by atoms with Gasteiger partial charge in [-0.3, -0.25) is 43.2 Å². The van der Waals surface area contributed by atoms with Crippen LogP contribution in [0.15, 0.2) is 0 Å². The fourth-order valence-electron chi connectivity index (χ4n) is 5.76. The molecule has 0 heterocycles. The summed E-state index contributed by atoms with van der Waals surface area (Å²) < 4.78 is 43.0. The quantitative estimate of drug-likeness (QED) is 0.0315. The molecule has 23 heteroatoms. The predicted octanol–water partition coefficient (Wildman–Crippen LogP) is 1.43. The van der Waals surface area contributed by atoms with Gasteiger partial charge in [-0.15, -0.1) is 0 Å². The van der Waals surface area contributed by atoms with E-state index in [2.05, 4.69) is 26.6 Å². The van der Waals surface area contributed by atoms with Gasteiger partial charge >= 0.3 is 23.9 Å². The number of amides is 5. The Morgan fingerprint density at radius 2 is 0.817 bits per heavy atom. The van der Waals surface area contributed by atoms with E-state index in [1.54, 1.807) is 96.9 Å². The van der Waals surface area contributed by atoms with Crippen LogP contribution in [0.25, 0.3) is 0 Å². The molecule has 0 bridgehead atoms. The van der Waals surface area contributed by atoms with Crippen molar-refractivity contribution >= 4 is 53.4 Å². The van der Waals surface area contributed by atoms with Crippen molar-refractivity contribution in [1.82, 2.24) is 26.6 Å². The Hall–Kier alpha value is -4.97. The largest absolute Gasteiger partial charge is 0.460 e. The molecule has 0 rings (SSSR count). The number of ether oxygens (including phenoxy) is 8. The third-order valence-corrected chi connectivity index (χ3v) is 8.79. The molecule has 0 radical (unpaired) electrons. The van der Waals surface area contributed by atoms with E-state index in [-0.39, 0.29) is 58.2 Å². The van der Waals surface area contributed by atoms with Gasteiger partial charge in [0.2, 0.25) is 29.5 Å². The van der Waals surface area contributed by atoms with E-state index in [0.717, 1.165) is 0 Å². The van der Waals surface area contributed by atoms with Gasteiger partial charge in [0.1, 0.15) is 46.6 Å². The Labute approximate surface area is 419 Å². The molecule has 0 aliphatic rings. The van der Waals surface area contributed by atoms with Crippen LogP contribution in [0.1, 0.15) is 136 Å². The molecule has 0 aliphatic heterocycles. The Morgan fingerprint density at radius 3 is 1.28 bits per heavy atom. The summed E-state index contributed by atoms with van der Waals surface area (Å²) in [4.78, 5) is 117. The summed E-state index contributed by atoms with van der Waals surface area (Å²) in [5, 5.41) is 12.6. The first-order valence-electron chi connectivity index (χ1n) is 24.0. The van der Waals surface area contributed by atoms with Gasteiger partial charge in [-0.1, -0.05) is 13.8 Å². The van der Waals surface area contributed by atoms with Crippen molar-refractivity contribution in [1.29, 1.82) is 0 Å². The maximum absolute atomic E-state index is 13.9. The molecule has 0 fully saturated rings. The summed E-state index contributed by atoms with van der Waals surface area (Å²) in [6, 6.07) is -7.00. The molecule has 0 aliphatic carbocycles. The van der Waals surface area contributed by atoms with Crippen molar-refractivity contribution in [3.05, 3.63) is 0 Å². The van der Waals surface area contributed by atoms with Crippen LogP contribution in [0.5, 0.6) is 0 Å². The zero-order valence-corrected chi connectivity index (χ0v) is 44.9. The second-order valence-corrected chi connectivity index (χ2v) is 21.0. The van der Waals surface area contributed by atoms with E-state index >= 15 is 0 Å². The highest BCUT2D eigenvalue weighted by Gasteiger charge is 2.35. The molecule has 5 amide bonds. The van der Waals surface area contributed by atoms with Crippen molar-refractivity contribution in [2.24, 2.45) is 11.7 Å². The minimum Gasteiger partial charge on any atom is -0.460 e. The van der Waals surface area contributed by atoms with Gasteiger partial charge in [0.05, 0.1) is 78.2 Å². The molecule has 7 N–H and O–H groups in total. The van der Waals surface area contributed by atoms with Crippen molar-refractivity contribution in [3.8, 4) is 0 Å². The maximum Gasteiger partial charge on any atom is 0.308 e. The van der Waals surface area contributed by atoms with Crippen LogP contribution in [0.3, 0.4) is 0 Å². The normalized spacial score (nSPS) is 14.2. The maximum atomic E-state index is 13.9. The molecule has 0 aromatic rings. The summed E-state index contributed by atoms with van der Waals surface area (Å²) in [6.45, 7) is 26.9. The summed E-state index contributed by atoms with van der Waals surface area (Å²) in [5.41, 5.74) is 2.80. The van der Waals surface area contributed by atoms with Crippen LogP contribution in [-0.2, 0) is 81.0 Å². The lowest BCUT2D eigenvalue weighted by Gasteiger charge is -2.28. The molecule has 0 saturated carbocycles. The van der Waals surface area contributed by atoms with Gasteiger partial charge in [-0.2, -0.15) is 0 Å². The zero-order chi connectivity index (χ0) is 54.8. The Balaban J connectivity index is 5.51. The standard InChI is InChI=1S/C48H86N6O17/c1-30(2)39(54-42(61)33(16-17-35(55)68-45(4,5)6)52-41(60)32(49)28-37(57)70-47(10,11)12)44(63)53-34(29-38(58)71-48(13,14)15)43(62)51-31(3)40(59)50-19-21-65-23-25-67-27-26-66-24-22-64-20-18-36(56)69-46(7,8)9/h30-34,39H,16-29,49H2,1-15H3,(H,50,59)(H,51,62)(H,52,60)(H,53,63)(H,54,61)/t31-,32-,33-,34-,39-/m0/s1. The van der Waals surface area contributed by atoms with Crippen LogP contribution in [0, 0.1) is 5.92 Å². The van der Waals surface area contributed by atoms with Crippen molar-refractivity contribution < 1.29 is 81.0 Å². The predicted molar refractivity (Wildman–Crippen MR) is 259 cm³/mol. The van der Waals surface area contributed by atoms with Crippen molar-refractivity contribution in [2.75, 3.05) is 59.4 Å². The SMILES string of the molecule is CC(C)[C@H](NC(=O)[C@H](CCC(=O)OC(C)(C)C)NC(=O)[C@@H](N)CC(=O)OC(C)(C)C)C(=O)N[C@@H](CC(=O)OC(C)(C)C)C(=O)N[C@@H](C)C(=O)NCCOCCOCCOCCOCCC(=O)OC(C)(C)C. The van der Waals surface area contributed by atoms with E-state index in [1.807, 2.05) is 0 Å². The highest BCUT2D eigenvalue weighted by Crippen LogP contribution is 2.14. The smallest absolute Gasteiger partial charge is 0.308 e. The van der Waals surface area contributed by atoms with Gasteiger partial charge in [-0.25, -0.2) is 0 Å². The first-order valence-corrected chi connectivity index (χ1v) is 24.0. The van der Waals surface area contributed by atoms with E-state index in [9.17, 15) is 43.2 Å². The summed E-state index contributed by atoms with van der Waals surface area (Å²) in [7, 11) is 0. The minimum absolute atomic E-state index is 0.0822. The molecule has 0 aromatic heterocycles. The van der Waals surface area contributed by atoms with Crippen LogP contribution in [0.4, 0.5) is 0 Å². The van der Waals surface area contributed by atoms with Gasteiger partial charge in [0.25, 0.3) is 0 Å². The Morgan fingerprint density at radius 1 is 0.423 bits per heavy atom. The van der Waals surface area contributed by atoms with Gasteiger partial charge in [0, 0.05) is 13.0 Å². The Kier molecular flexibility index (Phi) is 29.9. The first-order chi connectivity index (χ1) is 32.6. The second-order valence-electron chi connectivity index (χ2n) is 21.0. The number of rotatable bonds is 32. The molecule has 71 heavy (non-hydrogen) atoms. The number of hydrogen-bond acceptors (Lipinski definition) is 18. The summed E-state index contributed by atoms with van der Waals surface area (Å²) in [5.74, 6) is -7.49. The third-order valence-electron chi connectivity index (χ3n) is 8.79. The molecule has 0 aromatic carbocycles. The number of hydrogen-bond donors (Lipinski definition) is 6. The molecule has 5 atom stereocenters. The van der Waals surface area contributed by atoms with Crippen molar-refractivity contribution in [2.45, 2.75) is 189 Å². The molecular weight excluding hydrogens is 933 g/mol. The number of carbonyl (C=O) groups excluding carboxylic acids is 9. The fourth-order valence-corrected chi connectivity index (χ4v) is 5.76. The van der Waals surface area contributed by atoms with Crippen LogP contribution in [-0.4, -0.2) is 165 Å². The van der Waals surface area contributed by atoms with E-state index in [1.165, 1.54) is 6.92 Å². The summed E-state index contributed by atoms with van der Waals surface area (Å²) in [6.07, 6.45) is -1.65. The number of esters is 4. The highest BCUT2D eigenvalue weighted by atomic mass is 16.6. The van der Waals surface area contributed by atoms with Gasteiger partial charge < -0.3 is 70.2 Å². The van der Waals surface area contributed by atoms with Gasteiger partial charge in [-0.05, 0) is 102 Å². The molecule has 410 valence electrons. The third kappa shape index (κ3) is 34.9. The minimum atomic E-state index is -1.59. The lowest BCUT2D eigenvalue weighted by Crippen LogP contribution is -2.60. The first kappa shape index (κ1) is 66.0. The van der Waals surface area contributed by atoms with Crippen molar-refractivity contribution in [3.63, 3.8) is 0 Å². The molecule has 0 unspecified atom stereocenters. The van der Waals surface area contributed by atoms with E-state index in [4.69, 9.17) is 43.6 Å². The number of nitrogens with two attached hydrogens (primary N) is 1. The lowest BCUT2D eigenvalue weighted by atomic mass is 10.0. The Bertz CT molecular complexity index is 1720. The van der Waals surface area contributed by atoms with E-state index in [0.29, 0.717) is 26.4 Å². The number of carbonyl (C=O) groups is 9. The molecular formula is C48H86N6O17. The molecule has 23 nitrogen and oxygen atoms in total. The fraction of sp³-hybridized carbons (Fsp3) is 0.812. The lowest BCUT2D eigenvalue weighted by molar-refractivity contribution is -0.157. The topological polar surface area (TPSA) is 314 Å². The molecule has 0 saturated heterocycles. The monoisotopic (exact) mass is 1020 g/mol. The average molecular weight is 1020 g/mol. The van der Waals surface area contributed by atoms with Crippen LogP contribution < -0.4 is 32.3 Å². The zero-order valence-electron chi connectivity index (χ0n) is 44.9. The van der Waals surface area contributed by atoms with Crippen LogP contribution >= 0.6 is 0 Å². The van der Waals surface area contributed by atoms with E-state index < -0.39 is 119 Å². The van der Waals surface area contributed by atoms with Gasteiger partial charge in [0.15, 0.2) is 0 Å². The number of nitrogens with one attached hydrogen (secondary N) is 5. The second kappa shape index (κ2) is 32.2. The van der Waals surface area contributed by atoms with Crippen LogP contribution in [0.2, 0.25) is 0 Å².